The van der Waals surface area contributed by atoms with Gasteiger partial charge in [-0.25, -0.2) is 9.97 Å². The number of benzene rings is 1. The van der Waals surface area contributed by atoms with E-state index >= 15 is 0 Å². The zero-order valence-corrected chi connectivity index (χ0v) is 15.4. The van der Waals surface area contributed by atoms with E-state index in [1.165, 1.54) is 17.3 Å². The van der Waals surface area contributed by atoms with Gasteiger partial charge in [0.2, 0.25) is 0 Å². The van der Waals surface area contributed by atoms with Gasteiger partial charge in [-0.1, -0.05) is 55.9 Å². The summed E-state index contributed by atoms with van der Waals surface area (Å²) in [6.07, 6.45) is 6.24. The van der Waals surface area contributed by atoms with Crippen LogP contribution in [0.25, 0.3) is 0 Å². The minimum atomic E-state index is -0.0272. The molecule has 1 aromatic heterocycles. The lowest BCUT2D eigenvalue weighted by molar-refractivity contribution is 0.0774. The highest BCUT2D eigenvalue weighted by Crippen LogP contribution is 2.64. The van der Waals surface area contributed by atoms with Crippen molar-refractivity contribution in [1.82, 2.24) is 14.9 Å². The lowest BCUT2D eigenvalue weighted by Crippen LogP contribution is -2.36. The summed E-state index contributed by atoms with van der Waals surface area (Å²) in [4.78, 5) is 22.9. The zero-order valence-electron chi connectivity index (χ0n) is 14.6. The highest BCUT2D eigenvalue weighted by atomic mass is 32.2. The molecule has 0 saturated heterocycles. The molecule has 5 heteroatoms. The van der Waals surface area contributed by atoms with Gasteiger partial charge in [-0.2, -0.15) is 0 Å². The number of rotatable bonds is 5. The smallest absolute Gasteiger partial charge is 0.256 e. The summed E-state index contributed by atoms with van der Waals surface area (Å²) in [7, 11) is 1.86. The van der Waals surface area contributed by atoms with E-state index in [0.717, 1.165) is 6.42 Å². The Morgan fingerprint density at radius 1 is 1.21 bits per heavy atom. The minimum absolute atomic E-state index is 0.0265. The van der Waals surface area contributed by atoms with E-state index in [1.54, 1.807) is 17.3 Å². The lowest BCUT2D eigenvalue weighted by Gasteiger charge is -2.27. The van der Waals surface area contributed by atoms with E-state index in [0.29, 0.717) is 17.3 Å². The largest absolute Gasteiger partial charge is 0.341 e. The fourth-order valence-electron chi connectivity index (χ4n) is 3.55. The van der Waals surface area contributed by atoms with Gasteiger partial charge in [0.1, 0.15) is 0 Å². The second kappa shape index (κ2) is 6.20. The molecule has 0 bridgehead atoms. The molecule has 0 aliphatic heterocycles. The molecule has 24 heavy (non-hydrogen) atoms. The molecular formula is C19H23N3OS. The van der Waals surface area contributed by atoms with Gasteiger partial charge in [-0.05, 0) is 23.7 Å². The number of aromatic nitrogens is 2. The number of amides is 1. The van der Waals surface area contributed by atoms with Gasteiger partial charge in [-0.15, -0.1) is 0 Å². The molecule has 2 aromatic rings. The van der Waals surface area contributed by atoms with Gasteiger partial charge in [0.25, 0.3) is 5.91 Å². The predicted molar refractivity (Wildman–Crippen MR) is 97.3 cm³/mol. The van der Waals surface area contributed by atoms with Gasteiger partial charge in [0.15, 0.2) is 5.16 Å². The van der Waals surface area contributed by atoms with Crippen LogP contribution in [0.4, 0.5) is 0 Å². The number of likely N-dealkylation sites (N-methyl/N-ethyl adjacent to an activating group) is 1. The van der Waals surface area contributed by atoms with Crippen LogP contribution in [0, 0.1) is 5.41 Å². The zero-order chi connectivity index (χ0) is 17.4. The first kappa shape index (κ1) is 17.0. The Kier molecular flexibility index (Phi) is 4.38. The van der Waals surface area contributed by atoms with Gasteiger partial charge in [0, 0.05) is 31.4 Å². The molecule has 1 aliphatic carbocycles. The van der Waals surface area contributed by atoms with Gasteiger partial charge < -0.3 is 4.90 Å². The van der Waals surface area contributed by atoms with Gasteiger partial charge in [0.05, 0.1) is 5.56 Å². The predicted octanol–water partition coefficient (Wildman–Crippen LogP) is 3.64. The molecule has 4 nitrogen and oxygen atoms in total. The second-order valence-corrected chi connectivity index (χ2v) is 7.90. The topological polar surface area (TPSA) is 46.1 Å². The number of nitrogens with zero attached hydrogens (tertiary/aromatic N) is 3. The van der Waals surface area contributed by atoms with Crippen molar-refractivity contribution >= 4 is 17.7 Å². The maximum absolute atomic E-state index is 12.7. The van der Waals surface area contributed by atoms with Crippen LogP contribution >= 0.6 is 11.8 Å². The van der Waals surface area contributed by atoms with Crippen LogP contribution < -0.4 is 0 Å². The fraction of sp³-hybridized carbons (Fsp3) is 0.421. The second-order valence-electron chi connectivity index (χ2n) is 7.13. The van der Waals surface area contributed by atoms with Crippen LogP contribution in [0.15, 0.2) is 47.9 Å². The summed E-state index contributed by atoms with van der Waals surface area (Å²) in [6, 6.07) is 10.5. The van der Waals surface area contributed by atoms with E-state index in [1.807, 2.05) is 19.4 Å². The fourth-order valence-corrected chi connectivity index (χ4v) is 3.87. The van der Waals surface area contributed by atoms with Crippen molar-refractivity contribution < 1.29 is 4.79 Å². The molecule has 1 saturated carbocycles. The van der Waals surface area contributed by atoms with Crippen LogP contribution in [0.2, 0.25) is 0 Å². The number of carbonyl (C=O) groups is 1. The molecule has 0 unspecified atom stereocenters. The number of hydrogen-bond donors (Lipinski definition) is 0. The van der Waals surface area contributed by atoms with Crippen molar-refractivity contribution in [1.29, 1.82) is 0 Å². The molecule has 126 valence electrons. The Morgan fingerprint density at radius 3 is 2.29 bits per heavy atom. The molecule has 1 heterocycles. The van der Waals surface area contributed by atoms with E-state index < -0.39 is 0 Å². The SMILES string of the molecule is CSc1ncc(C(=O)N(C)C[C@@]2(c3ccccc3)CC2(C)C)cn1. The third-order valence-electron chi connectivity index (χ3n) is 5.15. The Bertz CT molecular complexity index is 730. The van der Waals surface area contributed by atoms with E-state index in [2.05, 4.69) is 48.1 Å². The highest BCUT2D eigenvalue weighted by Gasteiger charge is 2.62. The average molecular weight is 341 g/mol. The normalized spacial score (nSPS) is 21.3. The quantitative estimate of drug-likeness (QED) is 0.615. The Morgan fingerprint density at radius 2 is 1.79 bits per heavy atom. The summed E-state index contributed by atoms with van der Waals surface area (Å²) >= 11 is 1.47. The third-order valence-corrected chi connectivity index (χ3v) is 5.73. The van der Waals surface area contributed by atoms with Crippen molar-refractivity contribution in [2.24, 2.45) is 5.41 Å². The van der Waals surface area contributed by atoms with E-state index in [9.17, 15) is 4.79 Å². The van der Waals surface area contributed by atoms with Crippen LogP contribution in [0.5, 0.6) is 0 Å². The number of hydrogen-bond acceptors (Lipinski definition) is 4. The summed E-state index contributed by atoms with van der Waals surface area (Å²) in [6.45, 7) is 5.25. The van der Waals surface area contributed by atoms with Crippen LogP contribution in [0.3, 0.4) is 0 Å². The first-order chi connectivity index (χ1) is 11.4. The van der Waals surface area contributed by atoms with Crippen LogP contribution in [-0.4, -0.2) is 40.6 Å². The summed E-state index contributed by atoms with van der Waals surface area (Å²) in [5.41, 5.74) is 2.07. The monoisotopic (exact) mass is 341 g/mol. The molecule has 1 aromatic carbocycles. The highest BCUT2D eigenvalue weighted by molar-refractivity contribution is 7.98. The maximum atomic E-state index is 12.7. The summed E-state index contributed by atoms with van der Waals surface area (Å²) in [5, 5.41) is 0.679. The summed E-state index contributed by atoms with van der Waals surface area (Å²) in [5.74, 6) is -0.0272. The molecular weight excluding hydrogens is 318 g/mol. The van der Waals surface area contributed by atoms with Crippen molar-refractivity contribution in [2.75, 3.05) is 19.8 Å². The summed E-state index contributed by atoms with van der Waals surface area (Å²) < 4.78 is 0. The number of thioether (sulfide) groups is 1. The van der Waals surface area contributed by atoms with Crippen LogP contribution in [-0.2, 0) is 5.41 Å². The maximum Gasteiger partial charge on any atom is 0.256 e. The molecule has 1 aliphatic rings. The Labute approximate surface area is 147 Å². The molecule has 3 rings (SSSR count). The first-order valence-electron chi connectivity index (χ1n) is 8.07. The van der Waals surface area contributed by atoms with E-state index in [4.69, 9.17) is 0 Å². The molecule has 0 radical (unpaired) electrons. The molecule has 1 amide bonds. The number of carbonyl (C=O) groups excluding carboxylic acids is 1. The first-order valence-corrected chi connectivity index (χ1v) is 9.29. The minimum Gasteiger partial charge on any atom is -0.341 e. The average Bonchev–Trinajstić information content (AvgIpc) is 3.16. The third kappa shape index (κ3) is 2.93. The van der Waals surface area contributed by atoms with Crippen molar-refractivity contribution in [3.05, 3.63) is 53.9 Å². The van der Waals surface area contributed by atoms with Crippen molar-refractivity contribution in [3.63, 3.8) is 0 Å². The Balaban J connectivity index is 1.79. The standard InChI is InChI=1S/C19H23N3OS/c1-18(2)12-19(18,15-8-6-5-7-9-15)13-22(3)16(23)14-10-20-17(24-4)21-11-14/h5-11H,12-13H2,1-4H3/t19-/m1/s1. The van der Waals surface area contributed by atoms with E-state index in [-0.39, 0.29) is 16.7 Å². The van der Waals surface area contributed by atoms with Crippen LogP contribution in [0.1, 0.15) is 36.2 Å². The van der Waals surface area contributed by atoms with Gasteiger partial charge in [-0.3, -0.25) is 4.79 Å². The lowest BCUT2D eigenvalue weighted by atomic mass is 9.87. The molecule has 1 atom stereocenters. The molecule has 0 N–H and O–H groups in total. The van der Waals surface area contributed by atoms with Crippen molar-refractivity contribution in [2.45, 2.75) is 30.8 Å². The molecule has 1 fully saturated rings. The van der Waals surface area contributed by atoms with Crippen molar-refractivity contribution in [3.8, 4) is 0 Å². The van der Waals surface area contributed by atoms with Gasteiger partial charge >= 0.3 is 0 Å². The Hall–Kier alpha value is -1.88. The molecule has 0 spiro atoms.